The van der Waals surface area contributed by atoms with Gasteiger partial charge < -0.3 is 4.42 Å². The molecule has 0 atom stereocenters. The third-order valence-electron chi connectivity index (χ3n) is 4.06. The van der Waals surface area contributed by atoms with E-state index >= 15 is 0 Å². The first-order valence-electron chi connectivity index (χ1n) is 7.68. The molecule has 0 amide bonds. The molecule has 118 valence electrons. The fourth-order valence-corrected chi connectivity index (χ4v) is 3.73. The van der Waals surface area contributed by atoms with E-state index in [0.717, 1.165) is 32.2 Å². The second kappa shape index (κ2) is 6.39. The summed E-state index contributed by atoms with van der Waals surface area (Å²) in [5.41, 5.74) is 4.35. The van der Waals surface area contributed by atoms with Crippen LogP contribution in [0.5, 0.6) is 0 Å². The molecule has 3 heteroatoms. The highest BCUT2D eigenvalue weighted by Gasteiger charge is 2.16. The molecule has 0 N–H and O–H groups in total. The maximum atomic E-state index is 6.14. The van der Waals surface area contributed by atoms with Gasteiger partial charge in [0.25, 0.3) is 0 Å². The predicted molar refractivity (Wildman–Crippen MR) is 104 cm³/mol. The van der Waals surface area contributed by atoms with E-state index in [0.29, 0.717) is 0 Å². The fraction of sp³-hybridized carbons (Fsp3) is 0.0476. The fourth-order valence-electron chi connectivity index (χ4n) is 2.88. The highest BCUT2D eigenvalue weighted by molar-refractivity contribution is 7.99. The molecule has 24 heavy (non-hydrogen) atoms. The summed E-state index contributed by atoms with van der Waals surface area (Å²) in [5.74, 6) is 0.902. The zero-order chi connectivity index (χ0) is 16.5. The van der Waals surface area contributed by atoms with E-state index in [2.05, 4.69) is 48.7 Å². The van der Waals surface area contributed by atoms with Crippen molar-refractivity contribution in [3.8, 4) is 22.5 Å². The summed E-state index contributed by atoms with van der Waals surface area (Å²) >= 11 is 7.71. The van der Waals surface area contributed by atoms with Crippen LogP contribution in [0.25, 0.3) is 33.4 Å². The van der Waals surface area contributed by atoms with Gasteiger partial charge >= 0.3 is 0 Å². The van der Waals surface area contributed by atoms with Crippen molar-refractivity contribution in [3.63, 3.8) is 0 Å². The van der Waals surface area contributed by atoms with Crippen LogP contribution in [0, 0.1) is 0 Å². The van der Waals surface area contributed by atoms with Crippen LogP contribution in [0.4, 0.5) is 0 Å². The SMILES string of the molecule is CSc1c(-c2ccc(Cl)cc2)oc2ccc(-c3ccccc3)cc12. The van der Waals surface area contributed by atoms with Gasteiger partial charge in [0.2, 0.25) is 0 Å². The maximum Gasteiger partial charge on any atom is 0.148 e. The quantitative estimate of drug-likeness (QED) is 0.364. The summed E-state index contributed by atoms with van der Waals surface area (Å²) in [7, 11) is 0. The molecule has 0 unspecified atom stereocenters. The van der Waals surface area contributed by atoms with Crippen LogP contribution < -0.4 is 0 Å². The van der Waals surface area contributed by atoms with Crippen LogP contribution in [0.3, 0.4) is 0 Å². The highest BCUT2D eigenvalue weighted by Crippen LogP contribution is 2.41. The minimum atomic E-state index is 0.729. The minimum absolute atomic E-state index is 0.729. The number of hydrogen-bond acceptors (Lipinski definition) is 2. The number of benzene rings is 3. The summed E-state index contributed by atoms with van der Waals surface area (Å²) in [4.78, 5) is 1.16. The topological polar surface area (TPSA) is 13.1 Å². The molecule has 0 bridgehead atoms. The first-order valence-corrected chi connectivity index (χ1v) is 9.28. The van der Waals surface area contributed by atoms with Crippen molar-refractivity contribution < 1.29 is 4.42 Å². The molecular formula is C21H15ClOS. The molecule has 3 aromatic carbocycles. The van der Waals surface area contributed by atoms with Crippen molar-refractivity contribution in [1.29, 1.82) is 0 Å². The average Bonchev–Trinajstić information content (AvgIpc) is 3.00. The molecule has 0 aliphatic heterocycles. The van der Waals surface area contributed by atoms with E-state index in [1.165, 1.54) is 11.1 Å². The summed E-state index contributed by atoms with van der Waals surface area (Å²) < 4.78 is 6.14. The number of fused-ring (bicyclic) bond motifs is 1. The third kappa shape index (κ3) is 2.72. The van der Waals surface area contributed by atoms with Gasteiger partial charge in [0.15, 0.2) is 0 Å². The van der Waals surface area contributed by atoms with Crippen LogP contribution in [0.2, 0.25) is 5.02 Å². The van der Waals surface area contributed by atoms with Crippen LogP contribution in [-0.2, 0) is 0 Å². The van der Waals surface area contributed by atoms with E-state index in [-0.39, 0.29) is 0 Å². The van der Waals surface area contributed by atoms with E-state index in [4.69, 9.17) is 16.0 Å². The molecule has 1 nitrogen and oxygen atoms in total. The summed E-state index contributed by atoms with van der Waals surface area (Å²) in [6, 6.07) is 24.6. The molecule has 0 radical (unpaired) electrons. The zero-order valence-electron chi connectivity index (χ0n) is 13.1. The Kier molecular flexibility index (Phi) is 4.09. The molecule has 0 spiro atoms. The van der Waals surface area contributed by atoms with Gasteiger partial charge in [-0.15, -0.1) is 11.8 Å². The molecule has 0 saturated carbocycles. The predicted octanol–water partition coefficient (Wildman–Crippen LogP) is 7.14. The first-order chi connectivity index (χ1) is 11.8. The van der Waals surface area contributed by atoms with E-state index in [9.17, 15) is 0 Å². The van der Waals surface area contributed by atoms with E-state index in [1.54, 1.807) is 11.8 Å². The Morgan fingerprint density at radius 3 is 2.21 bits per heavy atom. The van der Waals surface area contributed by atoms with Gasteiger partial charge in [-0.1, -0.05) is 48.0 Å². The number of rotatable bonds is 3. The molecule has 0 fully saturated rings. The summed E-state index contributed by atoms with van der Waals surface area (Å²) in [6.07, 6.45) is 2.08. The van der Waals surface area contributed by atoms with E-state index < -0.39 is 0 Å². The standard InChI is InChI=1S/C21H15ClOS/c1-24-21-18-13-16(14-5-3-2-4-6-14)9-12-19(18)23-20(21)15-7-10-17(22)11-8-15/h2-13H,1H3. The minimum Gasteiger partial charge on any atom is -0.455 e. The zero-order valence-corrected chi connectivity index (χ0v) is 14.7. The molecule has 1 heterocycles. The Balaban J connectivity index is 1.90. The van der Waals surface area contributed by atoms with Gasteiger partial charge in [-0.25, -0.2) is 0 Å². The van der Waals surface area contributed by atoms with Crippen LogP contribution in [-0.4, -0.2) is 6.26 Å². The van der Waals surface area contributed by atoms with Gasteiger partial charge in [0, 0.05) is 16.0 Å². The van der Waals surface area contributed by atoms with Gasteiger partial charge in [-0.3, -0.25) is 0 Å². The lowest BCUT2D eigenvalue weighted by Gasteiger charge is -2.02. The normalized spacial score (nSPS) is 11.1. The largest absolute Gasteiger partial charge is 0.455 e. The number of halogens is 1. The number of thioether (sulfide) groups is 1. The molecule has 0 aliphatic rings. The number of furan rings is 1. The monoisotopic (exact) mass is 350 g/mol. The first kappa shape index (κ1) is 15.4. The van der Waals surface area contributed by atoms with Crippen molar-refractivity contribution >= 4 is 34.3 Å². The van der Waals surface area contributed by atoms with Crippen molar-refractivity contribution in [3.05, 3.63) is 77.8 Å². The Morgan fingerprint density at radius 2 is 1.50 bits per heavy atom. The Hall–Kier alpha value is -2.16. The Morgan fingerprint density at radius 1 is 0.792 bits per heavy atom. The third-order valence-corrected chi connectivity index (χ3v) is 5.13. The van der Waals surface area contributed by atoms with Gasteiger partial charge in [0.05, 0.1) is 4.90 Å². The van der Waals surface area contributed by atoms with Crippen LogP contribution in [0.1, 0.15) is 0 Å². The number of hydrogen-bond donors (Lipinski definition) is 0. The van der Waals surface area contributed by atoms with Crippen molar-refractivity contribution in [1.82, 2.24) is 0 Å². The smallest absolute Gasteiger partial charge is 0.148 e. The van der Waals surface area contributed by atoms with Gasteiger partial charge in [-0.05, 0) is 53.8 Å². The molecule has 4 aromatic rings. The van der Waals surface area contributed by atoms with Crippen molar-refractivity contribution in [2.75, 3.05) is 6.26 Å². The summed E-state index contributed by atoms with van der Waals surface area (Å²) in [6.45, 7) is 0. The molecule has 4 rings (SSSR count). The molecule has 0 saturated heterocycles. The highest BCUT2D eigenvalue weighted by atomic mass is 35.5. The lowest BCUT2D eigenvalue weighted by molar-refractivity contribution is 0.625. The van der Waals surface area contributed by atoms with Crippen molar-refractivity contribution in [2.45, 2.75) is 4.90 Å². The van der Waals surface area contributed by atoms with Gasteiger partial charge in [-0.2, -0.15) is 0 Å². The van der Waals surface area contributed by atoms with Crippen LogP contribution >= 0.6 is 23.4 Å². The Bertz CT molecular complexity index is 988. The molecule has 1 aromatic heterocycles. The van der Waals surface area contributed by atoms with Gasteiger partial charge in [0.1, 0.15) is 11.3 Å². The summed E-state index contributed by atoms with van der Waals surface area (Å²) in [5, 5.41) is 1.88. The Labute approximate surface area is 150 Å². The second-order valence-corrected chi connectivity index (χ2v) is 6.80. The van der Waals surface area contributed by atoms with Crippen molar-refractivity contribution in [2.24, 2.45) is 0 Å². The second-order valence-electron chi connectivity index (χ2n) is 5.55. The average molecular weight is 351 g/mol. The van der Waals surface area contributed by atoms with Crippen LogP contribution in [0.15, 0.2) is 82.1 Å². The molecule has 0 aliphatic carbocycles. The van der Waals surface area contributed by atoms with E-state index in [1.807, 2.05) is 30.3 Å². The lowest BCUT2D eigenvalue weighted by Crippen LogP contribution is -1.78. The lowest BCUT2D eigenvalue weighted by atomic mass is 10.0. The maximum absolute atomic E-state index is 6.14. The molecular weight excluding hydrogens is 336 g/mol.